The Balaban J connectivity index is 1.76. The van der Waals surface area contributed by atoms with Crippen LogP contribution in [0.1, 0.15) is 24.1 Å². The van der Waals surface area contributed by atoms with E-state index in [2.05, 4.69) is 34.1 Å². The minimum Gasteiger partial charge on any atom is -0.298 e. The molecule has 2 heterocycles. The van der Waals surface area contributed by atoms with Gasteiger partial charge in [0.1, 0.15) is 0 Å². The number of piperidine rings is 1. The molecule has 1 aliphatic rings. The van der Waals surface area contributed by atoms with E-state index in [0.29, 0.717) is 6.54 Å². The monoisotopic (exact) mass is 318 g/mol. The van der Waals surface area contributed by atoms with Crippen molar-refractivity contribution in [1.82, 2.24) is 9.88 Å². The van der Waals surface area contributed by atoms with Gasteiger partial charge in [-0.25, -0.2) is 8.42 Å². The number of hydrogen-bond acceptors (Lipinski definition) is 4. The lowest BCUT2D eigenvalue weighted by Crippen LogP contribution is -2.41. The maximum Gasteiger partial charge on any atom is 0.151 e. The van der Waals surface area contributed by atoms with Crippen molar-refractivity contribution in [3.05, 3.63) is 41.6 Å². The summed E-state index contributed by atoms with van der Waals surface area (Å²) in [6.07, 6.45) is 3.09. The Kier molecular flexibility index (Phi) is 4.19. The largest absolute Gasteiger partial charge is 0.298 e. The van der Waals surface area contributed by atoms with E-state index in [0.717, 1.165) is 42.5 Å². The molecule has 1 aromatic heterocycles. The summed E-state index contributed by atoms with van der Waals surface area (Å²) < 4.78 is 23.5. The van der Waals surface area contributed by atoms with Gasteiger partial charge in [0.2, 0.25) is 0 Å². The normalized spacial score (nSPS) is 20.4. The predicted octanol–water partition coefficient (Wildman–Crippen LogP) is 2.55. The molecule has 1 saturated heterocycles. The van der Waals surface area contributed by atoms with Crippen molar-refractivity contribution < 1.29 is 8.42 Å². The molecule has 0 bridgehead atoms. The van der Waals surface area contributed by atoms with Crippen LogP contribution in [0.2, 0.25) is 0 Å². The highest BCUT2D eigenvalue weighted by molar-refractivity contribution is 7.91. The van der Waals surface area contributed by atoms with Crippen molar-refractivity contribution in [2.75, 3.05) is 19.3 Å². The first-order valence-corrected chi connectivity index (χ1v) is 9.65. The molecule has 22 heavy (non-hydrogen) atoms. The Bertz CT molecular complexity index is 786. The molecule has 1 atom stereocenters. The highest BCUT2D eigenvalue weighted by Crippen LogP contribution is 2.20. The molecular weight excluding hydrogens is 296 g/mol. The predicted molar refractivity (Wildman–Crippen MR) is 89.6 cm³/mol. The lowest BCUT2D eigenvalue weighted by molar-refractivity contribution is 0.222. The maximum absolute atomic E-state index is 11.8. The summed E-state index contributed by atoms with van der Waals surface area (Å²) in [5, 5.41) is 0.922. The summed E-state index contributed by atoms with van der Waals surface area (Å²) in [5.74, 6) is 0. The van der Waals surface area contributed by atoms with Gasteiger partial charge in [0.05, 0.1) is 10.8 Å². The van der Waals surface area contributed by atoms with E-state index in [1.54, 1.807) is 0 Å². The van der Waals surface area contributed by atoms with E-state index < -0.39 is 9.84 Å². The minimum absolute atomic E-state index is 0.217. The van der Waals surface area contributed by atoms with Crippen LogP contribution in [-0.4, -0.2) is 42.9 Å². The van der Waals surface area contributed by atoms with Gasteiger partial charge in [0.25, 0.3) is 0 Å². The molecule has 1 fully saturated rings. The molecule has 2 aromatic rings. The first kappa shape index (κ1) is 15.4. The third-order valence-electron chi connectivity index (χ3n) is 4.37. The average Bonchev–Trinajstić information content (AvgIpc) is 2.47. The third kappa shape index (κ3) is 3.47. The molecule has 0 radical (unpaired) electrons. The van der Waals surface area contributed by atoms with E-state index in [-0.39, 0.29) is 5.25 Å². The van der Waals surface area contributed by atoms with Gasteiger partial charge in [0.15, 0.2) is 9.84 Å². The molecule has 0 aliphatic carbocycles. The minimum atomic E-state index is -2.94. The van der Waals surface area contributed by atoms with Crippen LogP contribution in [0.25, 0.3) is 10.9 Å². The topological polar surface area (TPSA) is 50.3 Å². The van der Waals surface area contributed by atoms with Crippen molar-refractivity contribution in [3.63, 3.8) is 0 Å². The highest BCUT2D eigenvalue weighted by Gasteiger charge is 2.27. The van der Waals surface area contributed by atoms with Gasteiger partial charge in [0, 0.05) is 30.4 Å². The summed E-state index contributed by atoms with van der Waals surface area (Å²) >= 11 is 0. The summed E-state index contributed by atoms with van der Waals surface area (Å²) in [5.41, 5.74) is 3.25. The van der Waals surface area contributed by atoms with E-state index in [1.165, 1.54) is 11.8 Å². The fourth-order valence-corrected chi connectivity index (χ4v) is 4.22. The Morgan fingerprint density at radius 2 is 2.09 bits per heavy atom. The molecule has 1 aromatic carbocycles. The zero-order valence-electron chi connectivity index (χ0n) is 13.1. The Labute approximate surface area is 132 Å². The summed E-state index contributed by atoms with van der Waals surface area (Å²) in [6, 6.07) is 10.4. The smallest absolute Gasteiger partial charge is 0.151 e. The van der Waals surface area contributed by atoms with Gasteiger partial charge in [-0.3, -0.25) is 9.88 Å². The average molecular weight is 318 g/mol. The Morgan fingerprint density at radius 3 is 2.86 bits per heavy atom. The second-order valence-electron chi connectivity index (χ2n) is 6.31. The molecule has 3 rings (SSSR count). The number of hydrogen-bond donors (Lipinski definition) is 0. The SMILES string of the molecule is Cc1ccc2cc(CN3CCC[C@@H](S(C)(=O)=O)C3)ccc2n1. The summed E-state index contributed by atoms with van der Waals surface area (Å²) in [4.78, 5) is 6.76. The van der Waals surface area contributed by atoms with Crippen LogP contribution >= 0.6 is 0 Å². The quantitative estimate of drug-likeness (QED) is 0.873. The third-order valence-corrected chi connectivity index (χ3v) is 5.96. The van der Waals surface area contributed by atoms with Gasteiger partial charge in [-0.05, 0) is 50.1 Å². The lowest BCUT2D eigenvalue weighted by Gasteiger charge is -2.31. The van der Waals surface area contributed by atoms with Crippen molar-refractivity contribution >= 4 is 20.7 Å². The number of fused-ring (bicyclic) bond motifs is 1. The first-order chi connectivity index (χ1) is 10.4. The van der Waals surface area contributed by atoms with Crippen molar-refractivity contribution in [3.8, 4) is 0 Å². The number of sulfone groups is 1. The van der Waals surface area contributed by atoms with E-state index >= 15 is 0 Å². The summed E-state index contributed by atoms with van der Waals surface area (Å²) in [6.45, 7) is 4.40. The van der Waals surface area contributed by atoms with Crippen LogP contribution in [0.5, 0.6) is 0 Å². The molecule has 5 heteroatoms. The number of likely N-dealkylation sites (tertiary alicyclic amines) is 1. The molecular formula is C17H22N2O2S. The molecule has 1 aliphatic heterocycles. The number of benzene rings is 1. The van der Waals surface area contributed by atoms with Crippen LogP contribution in [-0.2, 0) is 16.4 Å². The molecule has 4 nitrogen and oxygen atoms in total. The van der Waals surface area contributed by atoms with Gasteiger partial charge >= 0.3 is 0 Å². The number of aryl methyl sites for hydroxylation is 1. The lowest BCUT2D eigenvalue weighted by atomic mass is 10.1. The van der Waals surface area contributed by atoms with E-state index in [1.807, 2.05) is 13.0 Å². The highest BCUT2D eigenvalue weighted by atomic mass is 32.2. The van der Waals surface area contributed by atoms with E-state index in [4.69, 9.17) is 0 Å². The van der Waals surface area contributed by atoms with Crippen LogP contribution in [0.3, 0.4) is 0 Å². The molecule has 0 amide bonds. The Hall–Kier alpha value is -1.46. The maximum atomic E-state index is 11.8. The van der Waals surface area contributed by atoms with Crippen LogP contribution in [0.4, 0.5) is 0 Å². The van der Waals surface area contributed by atoms with Gasteiger partial charge in [-0.1, -0.05) is 12.1 Å². The van der Waals surface area contributed by atoms with Gasteiger partial charge in [-0.2, -0.15) is 0 Å². The van der Waals surface area contributed by atoms with Crippen LogP contribution < -0.4 is 0 Å². The second kappa shape index (κ2) is 5.97. The number of aromatic nitrogens is 1. The standard InChI is InChI=1S/C17H22N2O2S/c1-13-5-7-15-10-14(6-8-17(15)18-13)11-19-9-3-4-16(12-19)22(2,20)21/h5-8,10,16H,3-4,9,11-12H2,1-2H3/t16-/m1/s1. The number of pyridine rings is 1. The van der Waals surface area contributed by atoms with E-state index in [9.17, 15) is 8.42 Å². The number of nitrogens with zero attached hydrogens (tertiary/aromatic N) is 2. The zero-order chi connectivity index (χ0) is 15.7. The zero-order valence-corrected chi connectivity index (χ0v) is 13.9. The Morgan fingerprint density at radius 1 is 1.27 bits per heavy atom. The summed E-state index contributed by atoms with van der Waals surface area (Å²) in [7, 11) is -2.94. The first-order valence-electron chi connectivity index (χ1n) is 7.69. The fraction of sp³-hybridized carbons (Fsp3) is 0.471. The van der Waals surface area contributed by atoms with Crippen molar-refractivity contribution in [1.29, 1.82) is 0 Å². The molecule has 0 spiro atoms. The molecule has 118 valence electrons. The van der Waals surface area contributed by atoms with Gasteiger partial charge in [-0.15, -0.1) is 0 Å². The second-order valence-corrected chi connectivity index (χ2v) is 8.63. The van der Waals surface area contributed by atoms with Crippen molar-refractivity contribution in [2.45, 2.75) is 31.6 Å². The van der Waals surface area contributed by atoms with Crippen LogP contribution in [0.15, 0.2) is 30.3 Å². The molecule has 0 unspecified atom stereocenters. The number of rotatable bonds is 3. The van der Waals surface area contributed by atoms with Crippen molar-refractivity contribution in [2.24, 2.45) is 0 Å². The van der Waals surface area contributed by atoms with Crippen LogP contribution in [0, 0.1) is 6.92 Å². The molecule has 0 saturated carbocycles. The fourth-order valence-electron chi connectivity index (χ4n) is 3.14. The molecule has 0 N–H and O–H groups in total. The van der Waals surface area contributed by atoms with Gasteiger partial charge < -0.3 is 0 Å².